The van der Waals surface area contributed by atoms with Gasteiger partial charge in [0.2, 0.25) is 5.16 Å². The molecule has 0 N–H and O–H groups in total. The second-order valence-electron chi connectivity index (χ2n) is 5.13. The van der Waals surface area contributed by atoms with Gasteiger partial charge in [-0.2, -0.15) is 4.68 Å². The van der Waals surface area contributed by atoms with E-state index in [1.165, 1.54) is 0 Å². The molecule has 0 aliphatic carbocycles. The molecule has 0 fully saturated rings. The van der Waals surface area contributed by atoms with Gasteiger partial charge in [-0.15, -0.1) is 5.10 Å². The number of halogens is 1. The molecule has 1 aromatic carbocycles. The van der Waals surface area contributed by atoms with E-state index in [0.717, 1.165) is 17.1 Å². The Kier molecular flexibility index (Phi) is 4.45. The minimum Gasteiger partial charge on any atom is -0.291 e. The molecule has 0 radical (unpaired) electrons. The zero-order chi connectivity index (χ0) is 17.1. The molecular weight excluding hydrogens is 358 g/mol. The number of rotatable bonds is 5. The molecule has 124 valence electrons. The van der Waals surface area contributed by atoms with Crippen molar-refractivity contribution < 1.29 is 0 Å². The highest BCUT2D eigenvalue weighted by molar-refractivity contribution is 7.98. The number of tetrazole rings is 1. The van der Waals surface area contributed by atoms with Gasteiger partial charge in [-0.25, -0.2) is 9.97 Å². The number of pyridine rings is 1. The van der Waals surface area contributed by atoms with Crippen molar-refractivity contribution in [3.63, 3.8) is 0 Å². The standard InChI is InChI=1S/C16H12ClN7S/c17-13-2-4-14(5-3-13)24-16(20-21-22-24)25-10-12-1-6-15(19-9-12)23-8-7-18-11-23/h1-9,11H,10H2. The Balaban J connectivity index is 1.47. The number of nitrogens with zero attached hydrogens (tertiary/aromatic N) is 7. The fraction of sp³-hybridized carbons (Fsp3) is 0.0625. The lowest BCUT2D eigenvalue weighted by Crippen LogP contribution is -1.99. The lowest BCUT2D eigenvalue weighted by molar-refractivity contribution is 0.756. The van der Waals surface area contributed by atoms with Crippen molar-refractivity contribution in [3.8, 4) is 11.5 Å². The van der Waals surface area contributed by atoms with Crippen LogP contribution in [0.1, 0.15) is 5.56 Å². The van der Waals surface area contributed by atoms with E-state index in [-0.39, 0.29) is 0 Å². The van der Waals surface area contributed by atoms with Gasteiger partial charge in [-0.3, -0.25) is 4.57 Å². The van der Waals surface area contributed by atoms with Crippen LogP contribution in [0.3, 0.4) is 0 Å². The number of benzene rings is 1. The van der Waals surface area contributed by atoms with Crippen LogP contribution < -0.4 is 0 Å². The van der Waals surface area contributed by atoms with Crippen LogP contribution in [0.2, 0.25) is 5.02 Å². The van der Waals surface area contributed by atoms with Gasteiger partial charge >= 0.3 is 0 Å². The van der Waals surface area contributed by atoms with Crippen molar-refractivity contribution in [3.05, 3.63) is 71.9 Å². The SMILES string of the molecule is Clc1ccc(-n2nnnc2SCc2ccc(-n3ccnc3)nc2)cc1. The molecule has 7 nitrogen and oxygen atoms in total. The predicted octanol–water partition coefficient (Wildman–Crippen LogP) is 3.19. The van der Waals surface area contributed by atoms with Gasteiger partial charge < -0.3 is 0 Å². The first-order valence-electron chi connectivity index (χ1n) is 7.40. The monoisotopic (exact) mass is 369 g/mol. The fourth-order valence-corrected chi connectivity index (χ4v) is 3.16. The molecular formula is C16H12ClN7S. The number of hydrogen-bond donors (Lipinski definition) is 0. The topological polar surface area (TPSA) is 74.3 Å². The van der Waals surface area contributed by atoms with E-state index in [2.05, 4.69) is 25.5 Å². The number of imidazole rings is 1. The molecule has 0 spiro atoms. The molecule has 25 heavy (non-hydrogen) atoms. The zero-order valence-electron chi connectivity index (χ0n) is 12.9. The predicted molar refractivity (Wildman–Crippen MR) is 95.1 cm³/mol. The van der Waals surface area contributed by atoms with E-state index in [4.69, 9.17) is 11.6 Å². The van der Waals surface area contributed by atoms with Crippen molar-refractivity contribution >= 4 is 23.4 Å². The quantitative estimate of drug-likeness (QED) is 0.503. The smallest absolute Gasteiger partial charge is 0.214 e. The minimum atomic E-state index is 0.676. The van der Waals surface area contributed by atoms with Gasteiger partial charge in [0.15, 0.2) is 0 Å². The molecule has 0 atom stereocenters. The summed E-state index contributed by atoms with van der Waals surface area (Å²) < 4.78 is 3.55. The van der Waals surface area contributed by atoms with Crippen LogP contribution in [0.4, 0.5) is 0 Å². The summed E-state index contributed by atoms with van der Waals surface area (Å²) in [7, 11) is 0. The second-order valence-corrected chi connectivity index (χ2v) is 6.51. The average molecular weight is 370 g/mol. The molecule has 4 rings (SSSR count). The Morgan fingerprint density at radius 3 is 2.68 bits per heavy atom. The summed E-state index contributed by atoms with van der Waals surface area (Å²) >= 11 is 7.47. The molecule has 9 heteroatoms. The minimum absolute atomic E-state index is 0.676. The van der Waals surface area contributed by atoms with Gasteiger partial charge in [0.1, 0.15) is 12.1 Å². The van der Waals surface area contributed by atoms with Gasteiger partial charge in [-0.05, 0) is 46.3 Å². The molecule has 0 saturated heterocycles. The van der Waals surface area contributed by atoms with E-state index < -0.39 is 0 Å². The van der Waals surface area contributed by atoms with Crippen LogP contribution >= 0.6 is 23.4 Å². The van der Waals surface area contributed by atoms with Gasteiger partial charge in [0.25, 0.3) is 0 Å². The Morgan fingerprint density at radius 2 is 1.96 bits per heavy atom. The summed E-state index contributed by atoms with van der Waals surface area (Å²) in [5, 5.41) is 13.3. The first-order chi connectivity index (χ1) is 12.3. The van der Waals surface area contributed by atoms with E-state index in [0.29, 0.717) is 15.9 Å². The maximum atomic E-state index is 5.93. The first-order valence-corrected chi connectivity index (χ1v) is 8.76. The van der Waals surface area contributed by atoms with E-state index in [9.17, 15) is 0 Å². The van der Waals surface area contributed by atoms with Crippen molar-refractivity contribution in [2.45, 2.75) is 10.9 Å². The highest BCUT2D eigenvalue weighted by atomic mass is 35.5. The Hall–Kier alpha value is -2.71. The van der Waals surface area contributed by atoms with Crippen molar-refractivity contribution in [2.75, 3.05) is 0 Å². The third-order valence-electron chi connectivity index (χ3n) is 3.46. The summed E-state index contributed by atoms with van der Waals surface area (Å²) in [6, 6.07) is 11.4. The average Bonchev–Trinajstić information content (AvgIpc) is 3.33. The molecule has 3 heterocycles. The van der Waals surface area contributed by atoms with Crippen LogP contribution in [-0.2, 0) is 5.75 Å². The van der Waals surface area contributed by atoms with Crippen LogP contribution in [-0.4, -0.2) is 34.7 Å². The van der Waals surface area contributed by atoms with Gasteiger partial charge in [0, 0.05) is 29.4 Å². The number of thioether (sulfide) groups is 1. The molecule has 0 unspecified atom stereocenters. The van der Waals surface area contributed by atoms with E-state index in [1.54, 1.807) is 29.0 Å². The normalized spacial score (nSPS) is 10.9. The number of hydrogen-bond acceptors (Lipinski definition) is 6. The molecule has 0 bridgehead atoms. The summed E-state index contributed by atoms with van der Waals surface area (Å²) in [5.41, 5.74) is 1.95. The third kappa shape index (κ3) is 3.54. The Bertz CT molecular complexity index is 949. The first kappa shape index (κ1) is 15.8. The van der Waals surface area contributed by atoms with E-state index >= 15 is 0 Å². The highest BCUT2D eigenvalue weighted by Crippen LogP contribution is 2.23. The zero-order valence-corrected chi connectivity index (χ0v) is 14.5. The summed E-state index contributed by atoms with van der Waals surface area (Å²) in [6.45, 7) is 0. The lowest BCUT2D eigenvalue weighted by atomic mass is 10.3. The van der Waals surface area contributed by atoms with Crippen LogP contribution in [0.25, 0.3) is 11.5 Å². The molecule has 0 aliphatic rings. The lowest BCUT2D eigenvalue weighted by Gasteiger charge is -2.05. The fourth-order valence-electron chi connectivity index (χ4n) is 2.21. The Morgan fingerprint density at radius 1 is 1.08 bits per heavy atom. The number of aromatic nitrogens is 7. The Labute approximate surface area is 152 Å². The largest absolute Gasteiger partial charge is 0.291 e. The highest BCUT2D eigenvalue weighted by Gasteiger charge is 2.09. The maximum Gasteiger partial charge on any atom is 0.214 e. The molecule has 0 saturated carbocycles. The molecule has 3 aromatic heterocycles. The van der Waals surface area contributed by atoms with Crippen LogP contribution in [0.5, 0.6) is 0 Å². The summed E-state index contributed by atoms with van der Waals surface area (Å²) in [5.74, 6) is 1.54. The van der Waals surface area contributed by atoms with Crippen LogP contribution in [0.15, 0.2) is 66.5 Å². The summed E-state index contributed by atoms with van der Waals surface area (Å²) in [6.07, 6.45) is 7.15. The van der Waals surface area contributed by atoms with Crippen molar-refractivity contribution in [1.82, 2.24) is 34.7 Å². The molecule has 0 aliphatic heterocycles. The second kappa shape index (κ2) is 7.04. The third-order valence-corrected chi connectivity index (χ3v) is 4.70. The van der Waals surface area contributed by atoms with Gasteiger partial charge in [0.05, 0.1) is 5.69 Å². The van der Waals surface area contributed by atoms with Crippen LogP contribution in [0, 0.1) is 0 Å². The van der Waals surface area contributed by atoms with E-state index in [1.807, 2.05) is 53.4 Å². The van der Waals surface area contributed by atoms with Crippen molar-refractivity contribution in [2.24, 2.45) is 0 Å². The molecule has 0 amide bonds. The van der Waals surface area contributed by atoms with Gasteiger partial charge in [-0.1, -0.05) is 29.4 Å². The van der Waals surface area contributed by atoms with Crippen molar-refractivity contribution in [1.29, 1.82) is 0 Å². The maximum absolute atomic E-state index is 5.93. The molecule has 4 aromatic rings. The summed E-state index contributed by atoms with van der Waals surface area (Å²) in [4.78, 5) is 8.47.